The molecular weight excluding hydrogens is 311 g/mol. The van der Waals surface area contributed by atoms with Crippen molar-refractivity contribution in [3.8, 4) is 5.75 Å². The smallest absolute Gasteiger partial charge is 0.277 e. The van der Waals surface area contributed by atoms with E-state index in [1.807, 2.05) is 18.2 Å². The molecule has 0 aliphatic rings. The molecule has 1 N–H and O–H groups in total. The molecule has 0 unspecified atom stereocenters. The number of para-hydroxylation sites is 1. The molecule has 0 aromatic heterocycles. The van der Waals surface area contributed by atoms with Crippen molar-refractivity contribution in [2.45, 2.75) is 0 Å². The molecule has 0 radical (unpaired) electrons. The van der Waals surface area contributed by atoms with E-state index in [0.717, 1.165) is 0 Å². The maximum atomic E-state index is 11.6. The summed E-state index contributed by atoms with van der Waals surface area (Å²) in [7, 11) is 0. The Morgan fingerprint density at radius 3 is 2.43 bits per heavy atom. The Kier molecular flexibility index (Phi) is 5.60. The molecule has 2 aromatic rings. The van der Waals surface area contributed by atoms with Gasteiger partial charge < -0.3 is 4.74 Å². The highest BCUT2D eigenvalue weighted by atomic mass is 35.5. The number of halogens is 2. The van der Waals surface area contributed by atoms with Crippen molar-refractivity contribution in [2.75, 3.05) is 6.61 Å². The van der Waals surface area contributed by atoms with Gasteiger partial charge in [-0.05, 0) is 24.3 Å². The zero-order valence-electron chi connectivity index (χ0n) is 10.9. The van der Waals surface area contributed by atoms with Crippen molar-refractivity contribution in [1.29, 1.82) is 0 Å². The van der Waals surface area contributed by atoms with Crippen LogP contribution in [0.2, 0.25) is 10.0 Å². The van der Waals surface area contributed by atoms with Crippen LogP contribution in [-0.2, 0) is 4.79 Å². The minimum Gasteiger partial charge on any atom is -0.484 e. The quantitative estimate of drug-likeness (QED) is 0.676. The summed E-state index contributed by atoms with van der Waals surface area (Å²) in [6.07, 6.45) is 1.39. The van der Waals surface area contributed by atoms with E-state index in [0.29, 0.717) is 21.4 Å². The topological polar surface area (TPSA) is 50.7 Å². The molecule has 108 valence electrons. The van der Waals surface area contributed by atoms with Crippen LogP contribution in [0.25, 0.3) is 0 Å². The van der Waals surface area contributed by atoms with E-state index in [1.54, 1.807) is 30.3 Å². The van der Waals surface area contributed by atoms with Crippen molar-refractivity contribution >= 4 is 35.3 Å². The number of nitrogens with one attached hydrogen (secondary N) is 1. The van der Waals surface area contributed by atoms with Gasteiger partial charge in [0, 0.05) is 5.56 Å². The first-order valence-electron chi connectivity index (χ1n) is 6.10. The summed E-state index contributed by atoms with van der Waals surface area (Å²) in [4.78, 5) is 11.6. The zero-order chi connectivity index (χ0) is 15.1. The lowest BCUT2D eigenvalue weighted by molar-refractivity contribution is -0.123. The number of amides is 1. The van der Waals surface area contributed by atoms with Crippen molar-refractivity contribution in [3.05, 3.63) is 64.1 Å². The summed E-state index contributed by atoms with van der Waals surface area (Å²) in [5, 5.41) is 4.72. The molecule has 0 atom stereocenters. The van der Waals surface area contributed by atoms with Crippen LogP contribution >= 0.6 is 23.2 Å². The van der Waals surface area contributed by atoms with E-state index in [1.165, 1.54) is 6.21 Å². The molecule has 0 bridgehead atoms. The summed E-state index contributed by atoms with van der Waals surface area (Å²) < 4.78 is 5.28. The van der Waals surface area contributed by atoms with Gasteiger partial charge in [-0.15, -0.1) is 0 Å². The first-order chi connectivity index (χ1) is 10.2. The number of hydrogen-bond donors (Lipinski definition) is 1. The minimum absolute atomic E-state index is 0.127. The van der Waals surface area contributed by atoms with Crippen molar-refractivity contribution in [1.82, 2.24) is 5.43 Å². The number of ether oxygens (including phenoxy) is 1. The molecule has 1 amide bonds. The van der Waals surface area contributed by atoms with Gasteiger partial charge in [-0.2, -0.15) is 5.10 Å². The Labute approximate surface area is 132 Å². The van der Waals surface area contributed by atoms with E-state index in [2.05, 4.69) is 10.5 Å². The second-order valence-electron chi connectivity index (χ2n) is 4.03. The third-order valence-corrected chi connectivity index (χ3v) is 3.15. The fourth-order valence-corrected chi connectivity index (χ4v) is 2.00. The van der Waals surface area contributed by atoms with E-state index < -0.39 is 0 Å². The van der Waals surface area contributed by atoms with E-state index >= 15 is 0 Å². The Hall–Kier alpha value is -2.04. The fourth-order valence-electron chi connectivity index (χ4n) is 1.50. The van der Waals surface area contributed by atoms with Gasteiger partial charge in [-0.25, -0.2) is 5.43 Å². The second kappa shape index (κ2) is 7.67. The van der Waals surface area contributed by atoms with Crippen LogP contribution < -0.4 is 10.2 Å². The van der Waals surface area contributed by atoms with E-state index in [-0.39, 0.29) is 12.5 Å². The molecule has 2 aromatic carbocycles. The van der Waals surface area contributed by atoms with Crippen LogP contribution in [0.15, 0.2) is 53.6 Å². The Morgan fingerprint density at radius 2 is 1.76 bits per heavy atom. The molecule has 0 saturated heterocycles. The van der Waals surface area contributed by atoms with Crippen LogP contribution in [0, 0.1) is 0 Å². The average Bonchev–Trinajstić information content (AvgIpc) is 2.49. The number of nitrogens with zero attached hydrogens (tertiary/aromatic N) is 1. The first-order valence-corrected chi connectivity index (χ1v) is 6.86. The van der Waals surface area contributed by atoms with Gasteiger partial charge in [-0.1, -0.05) is 47.5 Å². The van der Waals surface area contributed by atoms with Crippen LogP contribution in [0.3, 0.4) is 0 Å². The van der Waals surface area contributed by atoms with Gasteiger partial charge in [0.05, 0.1) is 16.3 Å². The summed E-state index contributed by atoms with van der Waals surface area (Å²) in [5.74, 6) is 0.240. The maximum Gasteiger partial charge on any atom is 0.277 e. The van der Waals surface area contributed by atoms with Gasteiger partial charge >= 0.3 is 0 Å². The van der Waals surface area contributed by atoms with Crippen LogP contribution in [0.5, 0.6) is 5.75 Å². The minimum atomic E-state index is -0.377. The third kappa shape index (κ3) is 4.77. The molecule has 0 saturated carbocycles. The normalized spacial score (nSPS) is 10.6. The van der Waals surface area contributed by atoms with E-state index in [4.69, 9.17) is 27.9 Å². The number of hydrazone groups is 1. The zero-order valence-corrected chi connectivity index (χ0v) is 12.4. The van der Waals surface area contributed by atoms with Gasteiger partial charge in [0.1, 0.15) is 5.75 Å². The number of rotatable bonds is 5. The highest BCUT2D eigenvalue weighted by molar-refractivity contribution is 6.38. The predicted octanol–water partition coefficient (Wildman–Crippen LogP) is 3.52. The Bertz CT molecular complexity index is 625. The number of benzene rings is 2. The lowest BCUT2D eigenvalue weighted by atomic mass is 10.2. The molecule has 4 nitrogen and oxygen atoms in total. The highest BCUT2D eigenvalue weighted by Gasteiger charge is 2.03. The summed E-state index contributed by atoms with van der Waals surface area (Å²) >= 11 is 11.9. The monoisotopic (exact) mass is 322 g/mol. The van der Waals surface area contributed by atoms with Crippen molar-refractivity contribution < 1.29 is 9.53 Å². The van der Waals surface area contributed by atoms with Gasteiger partial charge in [-0.3, -0.25) is 4.79 Å². The van der Waals surface area contributed by atoms with E-state index in [9.17, 15) is 4.79 Å². The van der Waals surface area contributed by atoms with Crippen LogP contribution in [-0.4, -0.2) is 18.7 Å². The SMILES string of the molecule is O=C(COc1ccccc1)N/N=C/c1c(Cl)cccc1Cl. The summed E-state index contributed by atoms with van der Waals surface area (Å²) in [6.45, 7) is -0.127. The molecule has 21 heavy (non-hydrogen) atoms. The van der Waals surface area contributed by atoms with Crippen LogP contribution in [0.1, 0.15) is 5.56 Å². The van der Waals surface area contributed by atoms with Gasteiger partial charge in [0.15, 0.2) is 6.61 Å². The van der Waals surface area contributed by atoms with Gasteiger partial charge in [0.25, 0.3) is 5.91 Å². The molecule has 0 aliphatic carbocycles. The van der Waals surface area contributed by atoms with Crippen molar-refractivity contribution in [3.63, 3.8) is 0 Å². The molecular formula is C15H12Cl2N2O2. The van der Waals surface area contributed by atoms with Gasteiger partial charge in [0.2, 0.25) is 0 Å². The number of carbonyl (C=O) groups excluding carboxylic acids is 1. The highest BCUT2D eigenvalue weighted by Crippen LogP contribution is 2.21. The second-order valence-corrected chi connectivity index (χ2v) is 4.84. The Balaban J connectivity index is 1.85. The number of carbonyl (C=O) groups is 1. The number of hydrogen-bond acceptors (Lipinski definition) is 3. The first kappa shape index (κ1) is 15.4. The lowest BCUT2D eigenvalue weighted by Gasteiger charge is -2.04. The van der Waals surface area contributed by atoms with Crippen LogP contribution in [0.4, 0.5) is 0 Å². The molecule has 0 heterocycles. The fraction of sp³-hybridized carbons (Fsp3) is 0.0667. The molecule has 2 rings (SSSR count). The average molecular weight is 323 g/mol. The Morgan fingerprint density at radius 1 is 1.10 bits per heavy atom. The molecule has 0 spiro atoms. The standard InChI is InChI=1S/C15H12Cl2N2O2/c16-13-7-4-8-14(17)12(13)9-18-19-15(20)10-21-11-5-2-1-3-6-11/h1-9H,10H2,(H,19,20)/b18-9+. The lowest BCUT2D eigenvalue weighted by Crippen LogP contribution is -2.24. The molecule has 6 heteroatoms. The third-order valence-electron chi connectivity index (χ3n) is 2.50. The predicted molar refractivity (Wildman–Crippen MR) is 84.1 cm³/mol. The summed E-state index contributed by atoms with van der Waals surface area (Å²) in [5.41, 5.74) is 2.89. The summed E-state index contributed by atoms with van der Waals surface area (Å²) in [6, 6.07) is 14.2. The molecule has 0 fully saturated rings. The van der Waals surface area contributed by atoms with Crippen molar-refractivity contribution in [2.24, 2.45) is 5.10 Å². The molecule has 0 aliphatic heterocycles. The largest absolute Gasteiger partial charge is 0.484 e. The maximum absolute atomic E-state index is 11.6.